The second-order valence-electron chi connectivity index (χ2n) is 8.57. The Hall–Kier alpha value is -1.36. The molecule has 0 amide bonds. The lowest BCUT2D eigenvalue weighted by Crippen LogP contribution is -2.29. The van der Waals surface area contributed by atoms with E-state index in [0.29, 0.717) is 31.3 Å². The average molecular weight is 427 g/mol. The van der Waals surface area contributed by atoms with Gasteiger partial charge in [0.15, 0.2) is 0 Å². The normalized spacial score (nSPS) is 14.0. The molecule has 3 atom stereocenters. The van der Waals surface area contributed by atoms with E-state index in [0.717, 1.165) is 12.8 Å². The van der Waals surface area contributed by atoms with Gasteiger partial charge in [0.25, 0.3) is 0 Å². The Morgan fingerprint density at radius 2 is 1.40 bits per heavy atom. The highest BCUT2D eigenvalue weighted by molar-refractivity contribution is 5.87. The smallest absolute Gasteiger partial charge is 0.333 e. The molecule has 5 nitrogen and oxygen atoms in total. The molecule has 176 valence electrons. The monoisotopic (exact) mass is 426 g/mol. The van der Waals surface area contributed by atoms with Gasteiger partial charge in [-0.15, -0.1) is 0 Å². The lowest BCUT2D eigenvalue weighted by atomic mass is 10.0. The topological polar surface area (TPSA) is 72.8 Å². The second-order valence-corrected chi connectivity index (χ2v) is 8.57. The maximum Gasteiger partial charge on any atom is 0.333 e. The van der Waals surface area contributed by atoms with E-state index < -0.39 is 18.2 Å². The van der Waals surface area contributed by atoms with E-state index in [-0.39, 0.29) is 12.1 Å². The zero-order chi connectivity index (χ0) is 22.8. The first-order valence-corrected chi connectivity index (χ1v) is 12.0. The minimum atomic E-state index is -0.553. The van der Waals surface area contributed by atoms with E-state index >= 15 is 0 Å². The van der Waals surface area contributed by atoms with Crippen LogP contribution in [-0.2, 0) is 19.1 Å². The van der Waals surface area contributed by atoms with E-state index in [4.69, 9.17) is 9.47 Å². The number of aliphatic hydroxyl groups excluding tert-OH is 1. The maximum absolute atomic E-state index is 12.1. The van der Waals surface area contributed by atoms with Crippen LogP contribution >= 0.6 is 0 Å². The molecular formula is C25H46O5. The van der Waals surface area contributed by atoms with Crippen LogP contribution in [0, 0.1) is 0 Å². The van der Waals surface area contributed by atoms with Crippen molar-refractivity contribution in [2.24, 2.45) is 0 Å². The standard InChI is InChI=1S/C25H46O5/c1-6-8-9-10-11-12-13-14-15-16-17-24(27)29-21(5)18-23(19-22(26)7-2)30-25(28)20(3)4/h21-23,26H,3,6-19H2,1-2,4-5H3. The van der Waals surface area contributed by atoms with Gasteiger partial charge in [0.05, 0.1) is 6.10 Å². The Morgan fingerprint density at radius 3 is 1.90 bits per heavy atom. The van der Waals surface area contributed by atoms with Crippen molar-refractivity contribution in [2.45, 2.75) is 136 Å². The number of rotatable bonds is 19. The molecule has 0 spiro atoms. The van der Waals surface area contributed by atoms with Gasteiger partial charge in [-0.3, -0.25) is 4.79 Å². The van der Waals surface area contributed by atoms with Crippen LogP contribution < -0.4 is 0 Å². The zero-order valence-corrected chi connectivity index (χ0v) is 19.9. The Kier molecular flexibility index (Phi) is 17.6. The van der Waals surface area contributed by atoms with Crippen LogP contribution in [0.25, 0.3) is 0 Å². The van der Waals surface area contributed by atoms with E-state index in [2.05, 4.69) is 13.5 Å². The quantitative estimate of drug-likeness (QED) is 0.150. The summed E-state index contributed by atoms with van der Waals surface area (Å²) in [7, 11) is 0. The summed E-state index contributed by atoms with van der Waals surface area (Å²) < 4.78 is 10.9. The van der Waals surface area contributed by atoms with Crippen LogP contribution in [0.3, 0.4) is 0 Å². The maximum atomic E-state index is 12.1. The fourth-order valence-electron chi connectivity index (χ4n) is 3.37. The van der Waals surface area contributed by atoms with Gasteiger partial charge in [0.1, 0.15) is 12.2 Å². The van der Waals surface area contributed by atoms with Crippen LogP contribution in [0.1, 0.15) is 118 Å². The predicted octanol–water partition coefficient (Wildman–Crippen LogP) is 6.27. The van der Waals surface area contributed by atoms with Crippen molar-refractivity contribution in [2.75, 3.05) is 0 Å². The lowest BCUT2D eigenvalue weighted by Gasteiger charge is -2.23. The first-order valence-electron chi connectivity index (χ1n) is 12.0. The molecule has 0 aliphatic heterocycles. The van der Waals surface area contributed by atoms with Crippen molar-refractivity contribution in [1.82, 2.24) is 0 Å². The van der Waals surface area contributed by atoms with Gasteiger partial charge in [0.2, 0.25) is 0 Å². The summed E-state index contributed by atoms with van der Waals surface area (Å²) in [6.07, 6.45) is 12.6. The Bertz CT molecular complexity index is 474. The molecule has 0 rings (SSSR count). The molecule has 0 aromatic heterocycles. The number of aliphatic hydroxyl groups is 1. The molecular weight excluding hydrogens is 380 g/mol. The molecule has 0 radical (unpaired) electrons. The highest BCUT2D eigenvalue weighted by Gasteiger charge is 2.22. The second kappa shape index (κ2) is 18.4. The first kappa shape index (κ1) is 28.6. The van der Waals surface area contributed by atoms with Crippen LogP contribution in [0.2, 0.25) is 0 Å². The summed E-state index contributed by atoms with van der Waals surface area (Å²) in [4.78, 5) is 23.9. The van der Waals surface area contributed by atoms with Crippen LogP contribution in [-0.4, -0.2) is 35.4 Å². The molecule has 30 heavy (non-hydrogen) atoms. The number of carbonyl (C=O) groups excluding carboxylic acids is 2. The van der Waals surface area contributed by atoms with Crippen molar-refractivity contribution in [3.8, 4) is 0 Å². The van der Waals surface area contributed by atoms with E-state index in [1.807, 2.05) is 6.92 Å². The molecule has 0 saturated carbocycles. The SMILES string of the molecule is C=C(C)C(=O)OC(CC(O)CC)CC(C)OC(=O)CCCCCCCCCCCC. The van der Waals surface area contributed by atoms with E-state index in [1.165, 1.54) is 51.4 Å². The van der Waals surface area contributed by atoms with Crippen LogP contribution in [0.5, 0.6) is 0 Å². The molecule has 3 unspecified atom stereocenters. The molecule has 0 fully saturated rings. The molecule has 1 N–H and O–H groups in total. The number of esters is 2. The zero-order valence-electron chi connectivity index (χ0n) is 19.9. The van der Waals surface area contributed by atoms with Gasteiger partial charge in [-0.1, -0.05) is 78.2 Å². The molecule has 0 heterocycles. The van der Waals surface area contributed by atoms with E-state index in [9.17, 15) is 14.7 Å². The lowest BCUT2D eigenvalue weighted by molar-refractivity contribution is -0.153. The number of unbranched alkanes of at least 4 members (excludes halogenated alkanes) is 9. The van der Waals surface area contributed by atoms with Gasteiger partial charge in [0, 0.05) is 24.8 Å². The van der Waals surface area contributed by atoms with E-state index in [1.54, 1.807) is 13.8 Å². The highest BCUT2D eigenvalue weighted by atomic mass is 16.6. The fourth-order valence-corrected chi connectivity index (χ4v) is 3.37. The average Bonchev–Trinajstić information content (AvgIpc) is 2.68. The van der Waals surface area contributed by atoms with Crippen molar-refractivity contribution >= 4 is 11.9 Å². The largest absolute Gasteiger partial charge is 0.463 e. The van der Waals surface area contributed by atoms with Crippen molar-refractivity contribution < 1.29 is 24.2 Å². The number of carbonyl (C=O) groups is 2. The molecule has 0 aliphatic rings. The minimum absolute atomic E-state index is 0.205. The third kappa shape index (κ3) is 16.4. The van der Waals surface area contributed by atoms with Crippen molar-refractivity contribution in [1.29, 1.82) is 0 Å². The van der Waals surface area contributed by atoms with Crippen LogP contribution in [0.15, 0.2) is 12.2 Å². The van der Waals surface area contributed by atoms with Gasteiger partial charge < -0.3 is 14.6 Å². The van der Waals surface area contributed by atoms with Gasteiger partial charge in [-0.05, 0) is 26.7 Å². The number of ether oxygens (including phenoxy) is 2. The van der Waals surface area contributed by atoms with Gasteiger partial charge >= 0.3 is 11.9 Å². The molecule has 0 saturated heterocycles. The third-order valence-electron chi connectivity index (χ3n) is 5.29. The fraction of sp³-hybridized carbons (Fsp3) is 0.840. The molecule has 0 aliphatic carbocycles. The Balaban J connectivity index is 4.03. The Labute approximate surface area is 184 Å². The highest BCUT2D eigenvalue weighted by Crippen LogP contribution is 2.17. The van der Waals surface area contributed by atoms with Gasteiger partial charge in [-0.25, -0.2) is 4.79 Å². The minimum Gasteiger partial charge on any atom is -0.463 e. The third-order valence-corrected chi connectivity index (χ3v) is 5.29. The Morgan fingerprint density at radius 1 is 0.867 bits per heavy atom. The van der Waals surface area contributed by atoms with Crippen LogP contribution in [0.4, 0.5) is 0 Å². The molecule has 0 aromatic carbocycles. The number of hydrogen-bond acceptors (Lipinski definition) is 5. The van der Waals surface area contributed by atoms with Crippen molar-refractivity contribution in [3.63, 3.8) is 0 Å². The molecule has 0 bridgehead atoms. The summed E-state index contributed by atoms with van der Waals surface area (Å²) in [6, 6.07) is 0. The molecule has 0 aromatic rings. The number of hydrogen-bond donors (Lipinski definition) is 1. The van der Waals surface area contributed by atoms with Gasteiger partial charge in [-0.2, -0.15) is 0 Å². The molecule has 5 heteroatoms. The summed E-state index contributed by atoms with van der Waals surface area (Å²) in [5.74, 6) is -0.685. The first-order chi connectivity index (χ1) is 14.3. The summed E-state index contributed by atoms with van der Waals surface area (Å²) in [5.41, 5.74) is 0.316. The summed E-state index contributed by atoms with van der Waals surface area (Å²) in [6.45, 7) is 11.1. The summed E-state index contributed by atoms with van der Waals surface area (Å²) >= 11 is 0. The summed E-state index contributed by atoms with van der Waals surface area (Å²) in [5, 5.41) is 9.91. The van der Waals surface area contributed by atoms with Crippen molar-refractivity contribution in [3.05, 3.63) is 12.2 Å². The predicted molar refractivity (Wildman–Crippen MR) is 122 cm³/mol.